The first kappa shape index (κ1) is 13.5. The molecule has 0 saturated heterocycles. The van der Waals surface area contributed by atoms with Crippen molar-refractivity contribution in [1.82, 2.24) is 9.97 Å². The van der Waals surface area contributed by atoms with Gasteiger partial charge in [0, 0.05) is 16.4 Å². The van der Waals surface area contributed by atoms with E-state index in [1.165, 1.54) is 0 Å². The van der Waals surface area contributed by atoms with Crippen molar-refractivity contribution in [1.29, 1.82) is 0 Å². The average Bonchev–Trinajstić information content (AvgIpc) is 2.47. The molecule has 6 heteroatoms. The number of carbonyl (C=O) groups excluding carboxylic acids is 1. The van der Waals surface area contributed by atoms with Gasteiger partial charge in [0.15, 0.2) is 0 Å². The Labute approximate surface area is 129 Å². The zero-order chi connectivity index (χ0) is 14.7. The van der Waals surface area contributed by atoms with E-state index in [0.717, 1.165) is 15.7 Å². The highest BCUT2D eigenvalue weighted by atomic mass is 79.9. The molecule has 0 aliphatic rings. The minimum Gasteiger partial charge on any atom is -0.308 e. The standard InChI is InChI=1S/C15H11BrN4O/c16-10-8-13-12(17-9-10)6-7-14(19-13)20-15(21)18-11-4-2-1-3-5-11/h1-9H,(H2,18,19,20,21). The molecule has 3 rings (SSSR count). The van der Waals surface area contributed by atoms with Gasteiger partial charge >= 0.3 is 6.03 Å². The molecule has 2 heterocycles. The fourth-order valence-corrected chi connectivity index (χ4v) is 2.17. The predicted molar refractivity (Wildman–Crippen MR) is 86.3 cm³/mol. The molecule has 104 valence electrons. The zero-order valence-corrected chi connectivity index (χ0v) is 12.5. The second-order valence-corrected chi connectivity index (χ2v) is 5.25. The Bertz CT molecular complexity index is 792. The minimum absolute atomic E-state index is 0.337. The molecule has 2 aromatic heterocycles. The van der Waals surface area contributed by atoms with E-state index >= 15 is 0 Å². The number of hydrogen-bond donors (Lipinski definition) is 2. The fourth-order valence-electron chi connectivity index (χ4n) is 1.85. The Hall–Kier alpha value is -2.47. The van der Waals surface area contributed by atoms with E-state index < -0.39 is 0 Å². The molecule has 3 aromatic rings. The summed E-state index contributed by atoms with van der Waals surface area (Å²) in [5, 5.41) is 5.43. The number of amides is 2. The molecular weight excluding hydrogens is 332 g/mol. The summed E-state index contributed by atoms with van der Waals surface area (Å²) >= 11 is 3.35. The lowest BCUT2D eigenvalue weighted by Gasteiger charge is -2.07. The molecule has 21 heavy (non-hydrogen) atoms. The number of anilines is 2. The van der Waals surface area contributed by atoms with Crippen LogP contribution >= 0.6 is 15.9 Å². The molecule has 2 N–H and O–H groups in total. The molecule has 0 atom stereocenters. The van der Waals surface area contributed by atoms with Gasteiger partial charge in [-0.1, -0.05) is 18.2 Å². The smallest absolute Gasteiger partial charge is 0.308 e. The van der Waals surface area contributed by atoms with Crippen LogP contribution in [-0.2, 0) is 0 Å². The number of rotatable bonds is 2. The number of para-hydroxylation sites is 1. The van der Waals surface area contributed by atoms with E-state index in [4.69, 9.17) is 0 Å². The summed E-state index contributed by atoms with van der Waals surface area (Å²) in [4.78, 5) is 20.5. The van der Waals surface area contributed by atoms with Crippen LogP contribution in [-0.4, -0.2) is 16.0 Å². The van der Waals surface area contributed by atoms with Crippen molar-refractivity contribution >= 4 is 44.5 Å². The summed E-state index contributed by atoms with van der Waals surface area (Å²) in [6.07, 6.45) is 1.71. The number of fused-ring (bicyclic) bond motifs is 1. The van der Waals surface area contributed by atoms with Crippen molar-refractivity contribution in [3.05, 3.63) is 59.2 Å². The molecule has 0 bridgehead atoms. The Morgan fingerprint density at radius 3 is 2.62 bits per heavy atom. The van der Waals surface area contributed by atoms with Gasteiger partial charge < -0.3 is 5.32 Å². The second-order valence-electron chi connectivity index (χ2n) is 4.33. The van der Waals surface area contributed by atoms with Crippen molar-refractivity contribution in [3.8, 4) is 0 Å². The van der Waals surface area contributed by atoms with Crippen LogP contribution in [0.3, 0.4) is 0 Å². The molecule has 1 aromatic carbocycles. The van der Waals surface area contributed by atoms with Gasteiger partial charge in [-0.05, 0) is 46.3 Å². The van der Waals surface area contributed by atoms with Crippen LogP contribution in [0, 0.1) is 0 Å². The Morgan fingerprint density at radius 2 is 1.81 bits per heavy atom. The predicted octanol–water partition coefficient (Wildman–Crippen LogP) is 4.04. The Balaban J connectivity index is 1.76. The van der Waals surface area contributed by atoms with Gasteiger partial charge in [-0.15, -0.1) is 0 Å². The van der Waals surface area contributed by atoms with Gasteiger partial charge in [0.2, 0.25) is 0 Å². The Kier molecular flexibility index (Phi) is 3.79. The van der Waals surface area contributed by atoms with E-state index in [9.17, 15) is 4.79 Å². The number of nitrogens with zero attached hydrogens (tertiary/aromatic N) is 2. The summed E-state index contributed by atoms with van der Waals surface area (Å²) in [7, 11) is 0. The molecule has 0 saturated carbocycles. The monoisotopic (exact) mass is 342 g/mol. The van der Waals surface area contributed by atoms with Crippen molar-refractivity contribution in [2.75, 3.05) is 10.6 Å². The van der Waals surface area contributed by atoms with Gasteiger partial charge in [-0.25, -0.2) is 9.78 Å². The number of pyridine rings is 2. The van der Waals surface area contributed by atoms with E-state index in [1.54, 1.807) is 12.3 Å². The second kappa shape index (κ2) is 5.88. The van der Waals surface area contributed by atoms with Crippen molar-refractivity contribution in [2.45, 2.75) is 0 Å². The van der Waals surface area contributed by atoms with Crippen molar-refractivity contribution < 1.29 is 4.79 Å². The summed E-state index contributed by atoms with van der Waals surface area (Å²) in [6.45, 7) is 0. The average molecular weight is 343 g/mol. The van der Waals surface area contributed by atoms with Gasteiger partial charge in [0.05, 0.1) is 11.0 Å². The van der Waals surface area contributed by atoms with Gasteiger partial charge in [0.1, 0.15) is 5.82 Å². The molecular formula is C15H11BrN4O. The normalized spacial score (nSPS) is 10.3. The van der Waals surface area contributed by atoms with Crippen molar-refractivity contribution in [2.24, 2.45) is 0 Å². The highest BCUT2D eigenvalue weighted by Crippen LogP contribution is 2.17. The van der Waals surface area contributed by atoms with E-state index in [0.29, 0.717) is 11.3 Å². The summed E-state index contributed by atoms with van der Waals surface area (Å²) in [5.41, 5.74) is 2.20. The minimum atomic E-state index is -0.337. The van der Waals surface area contributed by atoms with Gasteiger partial charge in [0.25, 0.3) is 0 Å². The maximum absolute atomic E-state index is 11.9. The van der Waals surface area contributed by atoms with Crippen LogP contribution in [0.25, 0.3) is 11.0 Å². The number of carbonyl (C=O) groups is 1. The van der Waals surface area contributed by atoms with Crippen LogP contribution in [0.4, 0.5) is 16.3 Å². The van der Waals surface area contributed by atoms with Crippen LogP contribution in [0.5, 0.6) is 0 Å². The topological polar surface area (TPSA) is 66.9 Å². The maximum atomic E-state index is 11.9. The SMILES string of the molecule is O=C(Nc1ccccc1)Nc1ccc2ncc(Br)cc2n1. The number of hydrogen-bond acceptors (Lipinski definition) is 3. The number of urea groups is 1. The summed E-state index contributed by atoms with van der Waals surface area (Å²) in [5.74, 6) is 0.468. The third-order valence-electron chi connectivity index (χ3n) is 2.78. The molecule has 2 amide bonds. The van der Waals surface area contributed by atoms with Crippen LogP contribution in [0.1, 0.15) is 0 Å². The lowest BCUT2D eigenvalue weighted by atomic mass is 10.3. The summed E-state index contributed by atoms with van der Waals surface area (Å²) < 4.78 is 0.841. The molecule has 0 spiro atoms. The zero-order valence-electron chi connectivity index (χ0n) is 10.9. The first-order valence-corrected chi connectivity index (χ1v) is 7.05. The Morgan fingerprint density at radius 1 is 1.00 bits per heavy atom. The van der Waals surface area contributed by atoms with Crippen LogP contribution in [0.2, 0.25) is 0 Å². The number of halogens is 1. The molecule has 0 fully saturated rings. The first-order valence-electron chi connectivity index (χ1n) is 6.26. The molecule has 0 unspecified atom stereocenters. The first-order chi connectivity index (χ1) is 10.2. The fraction of sp³-hybridized carbons (Fsp3) is 0. The third-order valence-corrected chi connectivity index (χ3v) is 3.21. The number of benzene rings is 1. The van der Waals surface area contributed by atoms with Gasteiger partial charge in [-0.3, -0.25) is 10.3 Å². The quantitative estimate of drug-likeness (QED) is 0.738. The largest absolute Gasteiger partial charge is 0.324 e. The van der Waals surface area contributed by atoms with E-state index in [1.807, 2.05) is 42.5 Å². The van der Waals surface area contributed by atoms with Crippen LogP contribution < -0.4 is 10.6 Å². The maximum Gasteiger partial charge on any atom is 0.324 e. The lowest BCUT2D eigenvalue weighted by Crippen LogP contribution is -2.20. The van der Waals surface area contributed by atoms with Gasteiger partial charge in [-0.2, -0.15) is 0 Å². The van der Waals surface area contributed by atoms with Crippen molar-refractivity contribution in [3.63, 3.8) is 0 Å². The molecule has 5 nitrogen and oxygen atoms in total. The molecule has 0 aliphatic heterocycles. The highest BCUT2D eigenvalue weighted by Gasteiger charge is 2.05. The number of nitrogens with one attached hydrogen (secondary N) is 2. The third kappa shape index (κ3) is 3.35. The molecule has 0 radical (unpaired) electrons. The lowest BCUT2D eigenvalue weighted by molar-refractivity contribution is 0.262. The van der Waals surface area contributed by atoms with E-state index in [-0.39, 0.29) is 6.03 Å². The highest BCUT2D eigenvalue weighted by molar-refractivity contribution is 9.10. The van der Waals surface area contributed by atoms with Crippen LogP contribution in [0.15, 0.2) is 59.2 Å². The molecule has 0 aliphatic carbocycles. The number of aromatic nitrogens is 2. The van der Waals surface area contributed by atoms with E-state index in [2.05, 4.69) is 36.5 Å². The summed E-state index contributed by atoms with van der Waals surface area (Å²) in [6, 6.07) is 14.3.